The molecule has 0 fully saturated rings. The van der Waals surface area contributed by atoms with Crippen LogP contribution in [-0.2, 0) is 14.2 Å². The van der Waals surface area contributed by atoms with Gasteiger partial charge < -0.3 is 19.9 Å². The molecule has 0 radical (unpaired) electrons. The molecule has 0 spiro atoms. The first-order chi connectivity index (χ1) is 7.33. The van der Waals surface area contributed by atoms with Crippen LogP contribution in [0, 0.1) is 0 Å². The summed E-state index contributed by atoms with van der Waals surface area (Å²) in [4.78, 5) is 0. The van der Waals surface area contributed by atoms with E-state index in [0.29, 0.717) is 26.4 Å². The quantitative estimate of drug-likeness (QED) is 0.657. The van der Waals surface area contributed by atoms with Gasteiger partial charge in [0.05, 0.1) is 24.4 Å². The van der Waals surface area contributed by atoms with E-state index in [1.54, 1.807) is 7.11 Å². The molecule has 0 amide bonds. The normalized spacial score (nSPS) is 13.1. The van der Waals surface area contributed by atoms with Crippen LogP contribution in [0.4, 0.5) is 0 Å². The van der Waals surface area contributed by atoms with Crippen molar-refractivity contribution < 1.29 is 14.2 Å². The maximum atomic E-state index is 5.85. The molecule has 0 aromatic carbocycles. The second-order valence-electron chi connectivity index (χ2n) is 5.19. The molecule has 16 heavy (non-hydrogen) atoms. The van der Waals surface area contributed by atoms with Crippen LogP contribution in [0.15, 0.2) is 0 Å². The smallest absolute Gasteiger partial charge is 0.0859 e. The van der Waals surface area contributed by atoms with Crippen LogP contribution in [0.1, 0.15) is 34.1 Å². The Bertz CT molecular complexity index is 161. The van der Waals surface area contributed by atoms with Crippen LogP contribution in [-0.4, -0.2) is 44.7 Å². The van der Waals surface area contributed by atoms with Crippen LogP contribution in [0.5, 0.6) is 0 Å². The molecule has 0 heterocycles. The molecule has 4 heteroatoms. The summed E-state index contributed by atoms with van der Waals surface area (Å²) in [5.41, 5.74) is 4.93. The molecule has 0 aromatic rings. The summed E-state index contributed by atoms with van der Waals surface area (Å²) in [6, 6.07) is 0. The van der Waals surface area contributed by atoms with Crippen LogP contribution < -0.4 is 5.73 Å². The number of methoxy groups -OCH3 is 1. The summed E-state index contributed by atoms with van der Waals surface area (Å²) in [5, 5.41) is 0. The van der Waals surface area contributed by atoms with Gasteiger partial charge in [0.25, 0.3) is 0 Å². The van der Waals surface area contributed by atoms with Crippen molar-refractivity contribution in [1.29, 1.82) is 0 Å². The summed E-state index contributed by atoms with van der Waals surface area (Å²) in [5.74, 6) is 0. The minimum absolute atomic E-state index is 0.181. The first-order valence-corrected chi connectivity index (χ1v) is 5.80. The molecule has 0 aliphatic heterocycles. The van der Waals surface area contributed by atoms with Crippen molar-refractivity contribution in [3.8, 4) is 0 Å². The fourth-order valence-electron chi connectivity index (χ4n) is 1.17. The second-order valence-corrected chi connectivity index (χ2v) is 5.19. The Morgan fingerprint density at radius 3 is 2.06 bits per heavy atom. The molecule has 0 aliphatic carbocycles. The molecule has 0 unspecified atom stereocenters. The minimum atomic E-state index is -0.288. The van der Waals surface area contributed by atoms with E-state index in [2.05, 4.69) is 13.8 Å². The average molecular weight is 233 g/mol. The third kappa shape index (κ3) is 8.05. The van der Waals surface area contributed by atoms with Crippen LogP contribution >= 0.6 is 0 Å². The molecule has 0 aliphatic rings. The Morgan fingerprint density at radius 2 is 1.56 bits per heavy atom. The predicted molar refractivity (Wildman–Crippen MR) is 65.6 cm³/mol. The van der Waals surface area contributed by atoms with Gasteiger partial charge in [0.1, 0.15) is 0 Å². The van der Waals surface area contributed by atoms with E-state index in [1.807, 2.05) is 13.8 Å². The van der Waals surface area contributed by atoms with Crippen molar-refractivity contribution in [3.63, 3.8) is 0 Å². The lowest BCUT2D eigenvalue weighted by Gasteiger charge is -2.32. The number of nitrogens with two attached hydrogens (primary N) is 1. The molecule has 2 N–H and O–H groups in total. The molecular weight excluding hydrogens is 206 g/mol. The molecule has 98 valence electrons. The monoisotopic (exact) mass is 233 g/mol. The Kier molecular flexibility index (Phi) is 7.15. The summed E-state index contributed by atoms with van der Waals surface area (Å²) in [6.45, 7) is 10.5. The fraction of sp³-hybridized carbons (Fsp3) is 1.00. The zero-order valence-electron chi connectivity index (χ0n) is 11.3. The van der Waals surface area contributed by atoms with Crippen molar-refractivity contribution >= 4 is 0 Å². The third-order valence-electron chi connectivity index (χ3n) is 2.33. The highest BCUT2D eigenvalue weighted by Gasteiger charge is 2.25. The zero-order valence-corrected chi connectivity index (χ0v) is 11.3. The number of hydrogen-bond acceptors (Lipinski definition) is 4. The standard InChI is InChI=1S/C12H27NO3/c1-11(2,6-8-14-5)16-10-12(3,4)15-9-7-13/h6-10,13H2,1-5H3. The molecule has 0 atom stereocenters. The van der Waals surface area contributed by atoms with Crippen molar-refractivity contribution in [1.82, 2.24) is 0 Å². The van der Waals surface area contributed by atoms with Crippen molar-refractivity contribution in [2.75, 3.05) is 33.5 Å². The Labute approximate surface area is 99.4 Å². The first-order valence-electron chi connectivity index (χ1n) is 5.80. The van der Waals surface area contributed by atoms with Gasteiger partial charge in [-0.3, -0.25) is 0 Å². The summed E-state index contributed by atoms with van der Waals surface area (Å²) < 4.78 is 16.5. The maximum Gasteiger partial charge on any atom is 0.0859 e. The highest BCUT2D eigenvalue weighted by atomic mass is 16.6. The van der Waals surface area contributed by atoms with Crippen LogP contribution in [0.2, 0.25) is 0 Å². The van der Waals surface area contributed by atoms with E-state index in [4.69, 9.17) is 19.9 Å². The van der Waals surface area contributed by atoms with E-state index in [-0.39, 0.29) is 11.2 Å². The van der Waals surface area contributed by atoms with Crippen LogP contribution in [0.25, 0.3) is 0 Å². The first kappa shape index (κ1) is 15.8. The topological polar surface area (TPSA) is 53.7 Å². The Balaban J connectivity index is 3.91. The lowest BCUT2D eigenvalue weighted by Crippen LogP contribution is -2.38. The second kappa shape index (κ2) is 7.22. The highest BCUT2D eigenvalue weighted by molar-refractivity contribution is 4.74. The molecule has 0 saturated carbocycles. The highest BCUT2D eigenvalue weighted by Crippen LogP contribution is 2.19. The van der Waals surface area contributed by atoms with Gasteiger partial charge in [-0.15, -0.1) is 0 Å². The maximum absolute atomic E-state index is 5.85. The fourth-order valence-corrected chi connectivity index (χ4v) is 1.17. The van der Waals surface area contributed by atoms with E-state index < -0.39 is 0 Å². The largest absolute Gasteiger partial charge is 0.385 e. The minimum Gasteiger partial charge on any atom is -0.385 e. The summed E-state index contributed by atoms with van der Waals surface area (Å²) >= 11 is 0. The van der Waals surface area contributed by atoms with E-state index in [9.17, 15) is 0 Å². The SMILES string of the molecule is COCCC(C)(C)OCC(C)(C)OCCN. The molecule has 0 rings (SSSR count). The van der Waals surface area contributed by atoms with E-state index in [1.165, 1.54) is 0 Å². The third-order valence-corrected chi connectivity index (χ3v) is 2.33. The summed E-state index contributed by atoms with van der Waals surface area (Å²) in [6.07, 6.45) is 0.871. The van der Waals surface area contributed by atoms with E-state index >= 15 is 0 Å². The van der Waals surface area contributed by atoms with E-state index in [0.717, 1.165) is 6.42 Å². The Morgan fingerprint density at radius 1 is 0.938 bits per heavy atom. The number of rotatable bonds is 9. The predicted octanol–water partition coefficient (Wildman–Crippen LogP) is 1.57. The van der Waals surface area contributed by atoms with Crippen molar-refractivity contribution in [3.05, 3.63) is 0 Å². The number of hydrogen-bond donors (Lipinski definition) is 1. The molecule has 0 saturated heterocycles. The zero-order chi connectivity index (χ0) is 12.7. The van der Waals surface area contributed by atoms with Gasteiger partial charge in [-0.2, -0.15) is 0 Å². The number of ether oxygens (including phenoxy) is 3. The molecule has 0 bridgehead atoms. The van der Waals surface area contributed by atoms with Gasteiger partial charge in [-0.1, -0.05) is 0 Å². The van der Waals surface area contributed by atoms with Gasteiger partial charge in [0.15, 0.2) is 0 Å². The molecule has 0 aromatic heterocycles. The Hall–Kier alpha value is -0.160. The lowest BCUT2D eigenvalue weighted by molar-refractivity contribution is -0.124. The van der Waals surface area contributed by atoms with Crippen molar-refractivity contribution in [2.45, 2.75) is 45.3 Å². The van der Waals surface area contributed by atoms with Gasteiger partial charge in [0, 0.05) is 20.3 Å². The lowest BCUT2D eigenvalue weighted by atomic mass is 10.0. The van der Waals surface area contributed by atoms with Gasteiger partial charge in [0.2, 0.25) is 0 Å². The van der Waals surface area contributed by atoms with Gasteiger partial charge in [-0.05, 0) is 34.1 Å². The average Bonchev–Trinajstić information content (AvgIpc) is 2.22. The van der Waals surface area contributed by atoms with Crippen molar-refractivity contribution in [2.24, 2.45) is 5.73 Å². The van der Waals surface area contributed by atoms with Gasteiger partial charge in [-0.25, -0.2) is 0 Å². The summed E-state index contributed by atoms with van der Waals surface area (Å²) in [7, 11) is 1.70. The van der Waals surface area contributed by atoms with Gasteiger partial charge >= 0.3 is 0 Å². The molecule has 4 nitrogen and oxygen atoms in total. The molecular formula is C12H27NO3. The van der Waals surface area contributed by atoms with Crippen LogP contribution in [0.3, 0.4) is 0 Å².